The van der Waals surface area contributed by atoms with Crippen molar-refractivity contribution in [1.29, 1.82) is 0 Å². The summed E-state index contributed by atoms with van der Waals surface area (Å²) >= 11 is 0. The first kappa shape index (κ1) is 27.1. The average molecular weight is 451 g/mol. The Morgan fingerprint density at radius 1 is 0.545 bits per heavy atom. The normalized spacial score (nSPS) is 11.8. The van der Waals surface area contributed by atoms with Gasteiger partial charge in [0.05, 0.1) is 0 Å². The van der Waals surface area contributed by atoms with Crippen LogP contribution in [0.25, 0.3) is 0 Å². The van der Waals surface area contributed by atoms with Crippen molar-refractivity contribution in [3.63, 3.8) is 0 Å². The first-order chi connectivity index (χ1) is 16.2. The molecular formula is C30H46N2O. The minimum Gasteiger partial charge on any atom is -0.594 e. The zero-order valence-corrected chi connectivity index (χ0v) is 21.2. The number of benzene rings is 2. The lowest BCUT2D eigenvalue weighted by atomic mass is 10.0. The van der Waals surface area contributed by atoms with Crippen LogP contribution in [0.3, 0.4) is 0 Å². The summed E-state index contributed by atoms with van der Waals surface area (Å²) in [5.74, 6) is 0. The van der Waals surface area contributed by atoms with E-state index in [0.717, 1.165) is 17.7 Å². The maximum Gasteiger partial charge on any atom is 0.244 e. The van der Waals surface area contributed by atoms with E-state index >= 15 is 0 Å². The zero-order chi connectivity index (χ0) is 23.6. The molecule has 0 aliphatic heterocycles. The van der Waals surface area contributed by atoms with E-state index in [2.05, 4.69) is 43.2 Å². The molecule has 2 rings (SSSR count). The van der Waals surface area contributed by atoms with Crippen molar-refractivity contribution in [2.24, 2.45) is 5.11 Å². The number of unbranched alkanes of at least 4 members (excludes halogenated alkanes) is 12. The lowest BCUT2D eigenvalue weighted by Crippen LogP contribution is -1.92. The summed E-state index contributed by atoms with van der Waals surface area (Å²) in [5.41, 5.74) is 3.93. The quantitative estimate of drug-likeness (QED) is 0.0963. The van der Waals surface area contributed by atoms with E-state index < -0.39 is 0 Å². The van der Waals surface area contributed by atoms with Gasteiger partial charge in [-0.2, -0.15) is 0 Å². The number of rotatable bonds is 18. The molecular weight excluding hydrogens is 404 g/mol. The van der Waals surface area contributed by atoms with Gasteiger partial charge in [-0.1, -0.05) is 120 Å². The van der Waals surface area contributed by atoms with Crippen molar-refractivity contribution >= 4 is 11.4 Å². The molecule has 2 aromatic carbocycles. The Hall–Kier alpha value is -2.16. The van der Waals surface area contributed by atoms with Crippen molar-refractivity contribution in [2.45, 2.75) is 117 Å². The van der Waals surface area contributed by atoms with E-state index in [4.69, 9.17) is 0 Å². The van der Waals surface area contributed by atoms with Gasteiger partial charge in [0.1, 0.15) is 5.69 Å². The predicted molar refractivity (Wildman–Crippen MR) is 142 cm³/mol. The van der Waals surface area contributed by atoms with E-state index in [0.29, 0.717) is 11.4 Å². The molecule has 0 saturated heterocycles. The maximum atomic E-state index is 12.5. The second-order valence-electron chi connectivity index (χ2n) is 9.45. The van der Waals surface area contributed by atoms with Crippen LogP contribution < -0.4 is 0 Å². The van der Waals surface area contributed by atoms with Crippen molar-refractivity contribution < 1.29 is 4.86 Å². The van der Waals surface area contributed by atoms with Gasteiger partial charge in [-0.05, 0) is 48.9 Å². The highest BCUT2D eigenvalue weighted by atomic mass is 16.5. The van der Waals surface area contributed by atoms with Gasteiger partial charge in [0, 0.05) is 17.2 Å². The summed E-state index contributed by atoms with van der Waals surface area (Å²) in [6.45, 7) is 4.52. The molecule has 0 bridgehead atoms. The van der Waals surface area contributed by atoms with Gasteiger partial charge < -0.3 is 5.21 Å². The zero-order valence-electron chi connectivity index (χ0n) is 21.2. The van der Waals surface area contributed by atoms with Crippen molar-refractivity contribution in [3.05, 3.63) is 64.9 Å². The van der Waals surface area contributed by atoms with Crippen LogP contribution in [0.5, 0.6) is 0 Å². The van der Waals surface area contributed by atoms with Gasteiger partial charge in [0.2, 0.25) is 5.69 Å². The van der Waals surface area contributed by atoms with Crippen LogP contribution in [0.1, 0.15) is 115 Å². The average Bonchev–Trinajstić information content (AvgIpc) is 2.84. The second kappa shape index (κ2) is 17.3. The number of nitrogens with zero attached hydrogens (tertiary/aromatic N) is 2. The number of aryl methyl sites for hydroxylation is 2. The van der Waals surface area contributed by atoms with Crippen molar-refractivity contribution in [1.82, 2.24) is 0 Å². The smallest absolute Gasteiger partial charge is 0.244 e. The molecule has 0 amide bonds. The Bertz CT molecular complexity index is 765. The van der Waals surface area contributed by atoms with Gasteiger partial charge in [-0.15, -0.1) is 0 Å². The van der Waals surface area contributed by atoms with Crippen LogP contribution in [0.2, 0.25) is 0 Å². The Labute approximate surface area is 202 Å². The summed E-state index contributed by atoms with van der Waals surface area (Å²) in [4.78, 5) is 0.739. The molecule has 0 N–H and O–H groups in total. The molecule has 33 heavy (non-hydrogen) atoms. The van der Waals surface area contributed by atoms with Gasteiger partial charge in [-0.3, -0.25) is 0 Å². The van der Waals surface area contributed by atoms with Gasteiger partial charge in [0.15, 0.2) is 0 Å². The molecule has 0 fully saturated rings. The molecule has 182 valence electrons. The molecule has 0 radical (unpaired) electrons. The minimum absolute atomic E-state index is 0.588. The molecule has 2 aromatic rings. The Kier molecular flexibility index (Phi) is 14.2. The fourth-order valence-electron chi connectivity index (χ4n) is 4.25. The predicted octanol–water partition coefficient (Wildman–Crippen LogP) is 10.2. The molecule has 0 aliphatic carbocycles. The molecule has 0 atom stereocenters. The molecule has 0 aliphatic rings. The summed E-state index contributed by atoms with van der Waals surface area (Å²) < 4.78 is 0. The van der Waals surface area contributed by atoms with E-state index in [-0.39, 0.29) is 0 Å². The van der Waals surface area contributed by atoms with E-state index in [1.54, 1.807) is 0 Å². The van der Waals surface area contributed by atoms with Crippen molar-refractivity contribution in [2.75, 3.05) is 0 Å². The third-order valence-corrected chi connectivity index (χ3v) is 6.44. The van der Waals surface area contributed by atoms with Crippen LogP contribution in [-0.4, -0.2) is 4.86 Å². The van der Waals surface area contributed by atoms with Crippen LogP contribution in [0, 0.1) is 5.21 Å². The first-order valence-electron chi connectivity index (χ1n) is 13.6. The molecule has 3 nitrogen and oxygen atoms in total. The molecule has 0 spiro atoms. The summed E-state index contributed by atoms with van der Waals surface area (Å²) in [5, 5.41) is 16.7. The highest BCUT2D eigenvalue weighted by Gasteiger charge is 2.05. The lowest BCUT2D eigenvalue weighted by molar-refractivity contribution is -0.435. The number of azo groups is 1. The van der Waals surface area contributed by atoms with Crippen LogP contribution in [-0.2, 0) is 12.8 Å². The number of hydrogen-bond acceptors (Lipinski definition) is 2. The summed E-state index contributed by atoms with van der Waals surface area (Å²) in [6, 6.07) is 16.0. The lowest BCUT2D eigenvalue weighted by Gasteiger charge is -2.04. The SMILES string of the molecule is CCCCCCCCCc1ccc(N=[N+]([O-])c2ccc(CCCCCCCCC)cc2)cc1. The first-order valence-corrected chi connectivity index (χ1v) is 13.6. The van der Waals surface area contributed by atoms with Gasteiger partial charge in [0.25, 0.3) is 0 Å². The van der Waals surface area contributed by atoms with Crippen LogP contribution >= 0.6 is 0 Å². The Morgan fingerprint density at radius 3 is 1.39 bits per heavy atom. The molecule has 0 unspecified atom stereocenters. The van der Waals surface area contributed by atoms with Crippen molar-refractivity contribution in [3.8, 4) is 0 Å². The van der Waals surface area contributed by atoms with E-state index in [1.807, 2.05) is 24.3 Å². The maximum absolute atomic E-state index is 12.5. The molecule has 3 heteroatoms. The van der Waals surface area contributed by atoms with E-state index in [9.17, 15) is 5.21 Å². The summed E-state index contributed by atoms with van der Waals surface area (Å²) in [6.07, 6.45) is 20.8. The van der Waals surface area contributed by atoms with Crippen LogP contribution in [0.4, 0.5) is 11.4 Å². The molecule has 0 aromatic heterocycles. The van der Waals surface area contributed by atoms with Gasteiger partial charge >= 0.3 is 0 Å². The third kappa shape index (κ3) is 12.0. The Balaban J connectivity index is 1.71. The van der Waals surface area contributed by atoms with E-state index in [1.165, 1.54) is 101 Å². The topological polar surface area (TPSA) is 38.4 Å². The monoisotopic (exact) mass is 450 g/mol. The summed E-state index contributed by atoms with van der Waals surface area (Å²) in [7, 11) is 0. The van der Waals surface area contributed by atoms with Crippen LogP contribution in [0.15, 0.2) is 53.6 Å². The minimum atomic E-state index is 0.588. The molecule has 0 heterocycles. The fraction of sp³-hybridized carbons (Fsp3) is 0.600. The van der Waals surface area contributed by atoms with Gasteiger partial charge in [-0.25, -0.2) is 0 Å². The Morgan fingerprint density at radius 2 is 0.939 bits per heavy atom. The fourth-order valence-corrected chi connectivity index (χ4v) is 4.25. The highest BCUT2D eigenvalue weighted by molar-refractivity contribution is 5.38. The molecule has 0 saturated carbocycles. The largest absolute Gasteiger partial charge is 0.594 e. The third-order valence-electron chi connectivity index (χ3n) is 6.44. The standard InChI is InChI=1S/C30H46N2O/c1-3-5-7-9-11-13-15-17-27-19-23-29(24-20-27)31-32(33)30-25-21-28(22-26-30)18-16-14-12-10-8-6-4-2/h19-26H,3-18H2,1-2H3. The second-order valence-corrected chi connectivity index (χ2v) is 9.45. The number of hydrogen-bond donors (Lipinski definition) is 0. The highest BCUT2D eigenvalue weighted by Crippen LogP contribution is 2.20.